The number of carbonyl (C=O) groups excluding carboxylic acids is 1. The first-order valence-corrected chi connectivity index (χ1v) is 19.5. The summed E-state index contributed by atoms with van der Waals surface area (Å²) in [7, 11) is 0. The Morgan fingerprint density at radius 3 is 1.39 bits per heavy atom. The highest BCUT2D eigenvalue weighted by atomic mass is 16.1. The van der Waals surface area contributed by atoms with Crippen LogP contribution in [-0.4, -0.2) is 40.8 Å². The van der Waals surface area contributed by atoms with Gasteiger partial charge in [-0.2, -0.15) is 0 Å². The van der Waals surface area contributed by atoms with Crippen LogP contribution in [0, 0.1) is 22.7 Å². The maximum Gasteiger partial charge on any atom is 0.185 e. The van der Waals surface area contributed by atoms with E-state index in [1.54, 1.807) is 0 Å². The summed E-state index contributed by atoms with van der Waals surface area (Å²) in [6, 6.07) is 1.42. The summed E-state index contributed by atoms with van der Waals surface area (Å²) < 4.78 is 0. The van der Waals surface area contributed by atoms with Crippen LogP contribution in [0.25, 0.3) is 0 Å². The molecule has 5 fully saturated rings. The first kappa shape index (κ1) is 35.0. The standard InChI is InChI=1S/C43H66N2O/c1-7-9-19-31-44-37-25-15-13-23-35(37)42(3,4)39(44)27-17-11-21-33-29-30-34(41(33)46)22-12-18-28-40-43(5,6)36-24-14-16-26-38(36)45(40)32-20-10-8-2/h11-12,17-18,21-22,27-28,35-38H,7-10,13-16,19-20,23-26,29-32H2,1-6H3. The first-order valence-electron chi connectivity index (χ1n) is 19.5. The average molecular weight is 627 g/mol. The van der Waals surface area contributed by atoms with Crippen molar-refractivity contribution in [3.05, 3.63) is 71.1 Å². The molecule has 254 valence electrons. The minimum absolute atomic E-state index is 0.216. The molecular weight excluding hydrogens is 560 g/mol. The first-order chi connectivity index (χ1) is 22.2. The van der Waals surface area contributed by atoms with Crippen molar-refractivity contribution in [2.45, 2.75) is 156 Å². The molecule has 3 saturated carbocycles. The Kier molecular flexibility index (Phi) is 12.0. The van der Waals surface area contributed by atoms with Crippen molar-refractivity contribution in [3.63, 3.8) is 0 Å². The van der Waals surface area contributed by atoms with Crippen molar-refractivity contribution in [2.75, 3.05) is 13.1 Å². The predicted octanol–water partition coefficient (Wildman–Crippen LogP) is 11.3. The van der Waals surface area contributed by atoms with Crippen molar-refractivity contribution in [1.29, 1.82) is 0 Å². The third-order valence-electron chi connectivity index (χ3n) is 12.6. The molecule has 3 nitrogen and oxygen atoms in total. The van der Waals surface area contributed by atoms with Crippen molar-refractivity contribution >= 4 is 5.78 Å². The van der Waals surface area contributed by atoms with Crippen LogP contribution < -0.4 is 0 Å². The third-order valence-corrected chi connectivity index (χ3v) is 12.6. The van der Waals surface area contributed by atoms with E-state index in [4.69, 9.17) is 0 Å². The monoisotopic (exact) mass is 627 g/mol. The summed E-state index contributed by atoms with van der Waals surface area (Å²) in [4.78, 5) is 18.8. The van der Waals surface area contributed by atoms with Gasteiger partial charge < -0.3 is 9.80 Å². The molecule has 0 aromatic heterocycles. The molecule has 0 bridgehead atoms. The van der Waals surface area contributed by atoms with Crippen LogP contribution in [0.15, 0.2) is 71.1 Å². The summed E-state index contributed by atoms with van der Waals surface area (Å²) in [5.41, 5.74) is 5.37. The third kappa shape index (κ3) is 7.39. The Morgan fingerprint density at radius 2 is 0.978 bits per heavy atom. The molecule has 4 atom stereocenters. The molecule has 3 aliphatic carbocycles. The lowest BCUT2D eigenvalue weighted by Crippen LogP contribution is -2.35. The van der Waals surface area contributed by atoms with Crippen LogP contribution in [0.5, 0.6) is 0 Å². The normalized spacial score (nSPS) is 32.7. The van der Waals surface area contributed by atoms with E-state index in [0.29, 0.717) is 12.1 Å². The fraction of sp³-hybridized carbons (Fsp3) is 0.698. The quantitative estimate of drug-likeness (QED) is 0.159. The molecule has 0 radical (unpaired) electrons. The van der Waals surface area contributed by atoms with E-state index in [2.05, 4.69) is 100.0 Å². The molecule has 0 aromatic carbocycles. The highest BCUT2D eigenvalue weighted by molar-refractivity contribution is 6.11. The molecule has 5 aliphatic rings. The fourth-order valence-corrected chi connectivity index (χ4v) is 10.0. The van der Waals surface area contributed by atoms with Gasteiger partial charge in [0.15, 0.2) is 5.78 Å². The Bertz CT molecular complexity index is 1150. The van der Waals surface area contributed by atoms with Gasteiger partial charge in [-0.1, -0.05) is 129 Å². The highest BCUT2D eigenvalue weighted by Crippen LogP contribution is 2.54. The molecular formula is C43H66N2O. The lowest BCUT2D eigenvalue weighted by Gasteiger charge is -2.34. The lowest BCUT2D eigenvalue weighted by atomic mass is 9.71. The van der Waals surface area contributed by atoms with E-state index in [-0.39, 0.29) is 16.6 Å². The number of likely N-dealkylation sites (tertiary alicyclic amines) is 2. The summed E-state index contributed by atoms with van der Waals surface area (Å²) in [5.74, 6) is 1.76. The summed E-state index contributed by atoms with van der Waals surface area (Å²) in [5, 5.41) is 0. The predicted molar refractivity (Wildman–Crippen MR) is 196 cm³/mol. The van der Waals surface area contributed by atoms with Crippen molar-refractivity contribution in [2.24, 2.45) is 22.7 Å². The maximum absolute atomic E-state index is 13.3. The number of fused-ring (bicyclic) bond motifs is 2. The number of hydrogen-bond acceptors (Lipinski definition) is 3. The molecule has 0 aromatic rings. The lowest BCUT2D eigenvalue weighted by molar-refractivity contribution is -0.111. The van der Waals surface area contributed by atoms with E-state index in [9.17, 15) is 4.79 Å². The van der Waals surface area contributed by atoms with Gasteiger partial charge in [0.05, 0.1) is 0 Å². The van der Waals surface area contributed by atoms with Crippen molar-refractivity contribution in [1.82, 2.24) is 9.80 Å². The second-order valence-corrected chi connectivity index (χ2v) is 16.2. The molecule has 46 heavy (non-hydrogen) atoms. The average Bonchev–Trinajstić information content (AvgIpc) is 3.58. The minimum Gasteiger partial charge on any atom is -0.371 e. The molecule has 3 heteroatoms. The molecule has 2 saturated heterocycles. The van der Waals surface area contributed by atoms with E-state index >= 15 is 0 Å². The van der Waals surface area contributed by atoms with Crippen LogP contribution >= 0.6 is 0 Å². The summed E-state index contributed by atoms with van der Waals surface area (Å²) >= 11 is 0. The van der Waals surface area contributed by atoms with Gasteiger partial charge in [-0.3, -0.25) is 4.79 Å². The Morgan fingerprint density at radius 1 is 0.587 bits per heavy atom. The molecule has 4 unspecified atom stereocenters. The molecule has 2 aliphatic heterocycles. The van der Waals surface area contributed by atoms with Crippen molar-refractivity contribution < 1.29 is 4.79 Å². The van der Waals surface area contributed by atoms with Crippen LogP contribution in [0.4, 0.5) is 0 Å². The van der Waals surface area contributed by atoms with Gasteiger partial charge in [-0.05, 0) is 75.4 Å². The Hall–Kier alpha value is -2.29. The van der Waals surface area contributed by atoms with Gasteiger partial charge in [0, 0.05) is 58.5 Å². The van der Waals surface area contributed by atoms with Crippen LogP contribution in [0.1, 0.15) is 144 Å². The molecule has 0 amide bonds. The number of hydrogen-bond donors (Lipinski definition) is 0. The van der Waals surface area contributed by atoms with Crippen molar-refractivity contribution in [3.8, 4) is 0 Å². The molecule has 0 N–H and O–H groups in total. The summed E-state index contributed by atoms with van der Waals surface area (Å²) in [6.45, 7) is 16.9. The van der Waals surface area contributed by atoms with Gasteiger partial charge >= 0.3 is 0 Å². The van der Waals surface area contributed by atoms with E-state index in [1.807, 2.05) is 0 Å². The number of carbonyl (C=O) groups is 1. The van der Waals surface area contributed by atoms with E-state index in [0.717, 1.165) is 35.8 Å². The number of ketones is 1. The van der Waals surface area contributed by atoms with Gasteiger partial charge in [0.1, 0.15) is 0 Å². The topological polar surface area (TPSA) is 23.6 Å². The SMILES string of the molecule is CCCCCN1C(=CC=CC=C2CCC(=CC=CC=C3N(CCCCC)C4CCCCC4C3(C)C)C2=O)C(C)(C)C2CCCCC21. The number of allylic oxidation sites excluding steroid dienone is 12. The van der Waals surface area contributed by atoms with Gasteiger partial charge in [0.25, 0.3) is 0 Å². The number of unbranched alkanes of at least 4 members (excludes halogenated alkanes) is 4. The minimum atomic E-state index is 0.216. The maximum atomic E-state index is 13.3. The van der Waals surface area contributed by atoms with E-state index < -0.39 is 0 Å². The second-order valence-electron chi connectivity index (χ2n) is 16.2. The van der Waals surface area contributed by atoms with Crippen LogP contribution in [-0.2, 0) is 4.79 Å². The van der Waals surface area contributed by atoms with Crippen LogP contribution in [0.3, 0.4) is 0 Å². The second kappa shape index (κ2) is 15.7. The number of rotatable bonds is 12. The van der Waals surface area contributed by atoms with Gasteiger partial charge in [-0.25, -0.2) is 0 Å². The molecule has 2 heterocycles. The van der Waals surface area contributed by atoms with Crippen LogP contribution in [0.2, 0.25) is 0 Å². The highest BCUT2D eigenvalue weighted by Gasteiger charge is 2.51. The molecule has 5 rings (SSSR count). The van der Waals surface area contributed by atoms with Gasteiger partial charge in [-0.15, -0.1) is 0 Å². The largest absolute Gasteiger partial charge is 0.371 e. The Balaban J connectivity index is 1.25. The fourth-order valence-electron chi connectivity index (χ4n) is 10.0. The zero-order chi connectivity index (χ0) is 32.7. The molecule has 0 spiro atoms. The number of Topliss-reactive ketones (excluding diaryl/α,β-unsaturated/α-hetero) is 1. The summed E-state index contributed by atoms with van der Waals surface area (Å²) in [6.07, 6.45) is 37.9. The zero-order valence-corrected chi connectivity index (χ0v) is 30.5. The smallest absolute Gasteiger partial charge is 0.185 e. The van der Waals surface area contributed by atoms with E-state index in [1.165, 1.54) is 114 Å². The Labute approximate surface area is 283 Å². The number of nitrogens with zero attached hydrogens (tertiary/aromatic N) is 2. The van der Waals surface area contributed by atoms with Gasteiger partial charge in [0.2, 0.25) is 0 Å². The zero-order valence-electron chi connectivity index (χ0n) is 30.5.